The predicted molar refractivity (Wildman–Crippen MR) is 70.7 cm³/mol. The number of anilines is 1. The van der Waals surface area contributed by atoms with Gasteiger partial charge >= 0.3 is 0 Å². The number of carbonyl (C=O) groups is 2. The van der Waals surface area contributed by atoms with Crippen LogP contribution in [0, 0.1) is 6.92 Å². The van der Waals surface area contributed by atoms with E-state index in [1.807, 2.05) is 13.0 Å². The smallest absolute Gasteiger partial charge is 0.250 e. The number of rotatable bonds is 1. The van der Waals surface area contributed by atoms with Crippen molar-refractivity contribution in [3.63, 3.8) is 0 Å². The van der Waals surface area contributed by atoms with Crippen LogP contribution >= 0.6 is 0 Å². The van der Waals surface area contributed by atoms with Crippen molar-refractivity contribution in [2.45, 2.75) is 32.2 Å². The van der Waals surface area contributed by atoms with Crippen molar-refractivity contribution < 1.29 is 9.59 Å². The lowest BCUT2D eigenvalue weighted by Gasteiger charge is -2.42. The van der Waals surface area contributed by atoms with Crippen molar-refractivity contribution in [3.05, 3.63) is 24.0 Å². The maximum atomic E-state index is 12.6. The molecule has 2 fully saturated rings. The SMILES string of the molecule is Cc1ccncc1N1CC(=O)N2CCCCC2C1=O. The van der Waals surface area contributed by atoms with Crippen molar-refractivity contribution in [2.75, 3.05) is 18.0 Å². The average Bonchev–Trinajstić information content (AvgIpc) is 2.44. The lowest BCUT2D eigenvalue weighted by molar-refractivity contribution is -0.144. The topological polar surface area (TPSA) is 53.5 Å². The van der Waals surface area contributed by atoms with E-state index in [1.165, 1.54) is 0 Å². The van der Waals surface area contributed by atoms with Gasteiger partial charge in [0.1, 0.15) is 12.6 Å². The van der Waals surface area contributed by atoms with Crippen LogP contribution in [0.4, 0.5) is 5.69 Å². The zero-order valence-corrected chi connectivity index (χ0v) is 11.0. The zero-order valence-electron chi connectivity index (χ0n) is 11.0. The molecule has 1 atom stereocenters. The molecule has 5 heteroatoms. The van der Waals surface area contributed by atoms with Crippen molar-refractivity contribution in [3.8, 4) is 0 Å². The largest absolute Gasteiger partial charge is 0.329 e. The number of carbonyl (C=O) groups excluding carboxylic acids is 2. The second-order valence-electron chi connectivity index (χ2n) is 5.19. The van der Waals surface area contributed by atoms with E-state index in [1.54, 1.807) is 22.2 Å². The Hall–Kier alpha value is -1.91. The average molecular weight is 259 g/mol. The molecule has 3 heterocycles. The van der Waals surface area contributed by atoms with E-state index < -0.39 is 0 Å². The van der Waals surface area contributed by atoms with E-state index in [0.29, 0.717) is 0 Å². The van der Waals surface area contributed by atoms with Crippen molar-refractivity contribution >= 4 is 17.5 Å². The lowest BCUT2D eigenvalue weighted by Crippen LogP contribution is -2.61. The van der Waals surface area contributed by atoms with E-state index in [-0.39, 0.29) is 24.4 Å². The van der Waals surface area contributed by atoms with Crippen LogP contribution in [0.1, 0.15) is 24.8 Å². The summed E-state index contributed by atoms with van der Waals surface area (Å²) in [6.45, 7) is 2.79. The van der Waals surface area contributed by atoms with Crippen molar-refractivity contribution in [1.29, 1.82) is 0 Å². The van der Waals surface area contributed by atoms with Gasteiger partial charge in [0.05, 0.1) is 11.9 Å². The van der Waals surface area contributed by atoms with E-state index in [0.717, 1.165) is 37.1 Å². The minimum atomic E-state index is -0.269. The summed E-state index contributed by atoms with van der Waals surface area (Å²) in [7, 11) is 0. The molecular weight excluding hydrogens is 242 g/mol. The first-order valence-corrected chi connectivity index (χ1v) is 6.70. The standard InChI is InChI=1S/C14H17N3O2/c1-10-5-6-15-8-12(10)17-9-13(18)16-7-3-2-4-11(16)14(17)19/h5-6,8,11H,2-4,7,9H2,1H3. The normalized spacial score (nSPS) is 23.5. The highest BCUT2D eigenvalue weighted by molar-refractivity contribution is 6.06. The maximum Gasteiger partial charge on any atom is 0.250 e. The molecule has 1 aromatic rings. The molecule has 0 radical (unpaired) electrons. The van der Waals surface area contributed by atoms with Crippen molar-refractivity contribution in [2.24, 2.45) is 0 Å². The summed E-state index contributed by atoms with van der Waals surface area (Å²) < 4.78 is 0. The molecule has 2 aliphatic rings. The van der Waals surface area contributed by atoms with E-state index in [4.69, 9.17) is 0 Å². The van der Waals surface area contributed by atoms with Gasteiger partial charge in [0, 0.05) is 12.7 Å². The van der Waals surface area contributed by atoms with E-state index in [2.05, 4.69) is 4.98 Å². The third-order valence-corrected chi connectivity index (χ3v) is 3.97. The highest BCUT2D eigenvalue weighted by Gasteiger charge is 2.41. The third kappa shape index (κ3) is 1.99. The van der Waals surface area contributed by atoms with Gasteiger partial charge in [0.25, 0.3) is 0 Å². The molecule has 0 N–H and O–H groups in total. The number of fused-ring (bicyclic) bond motifs is 1. The Morgan fingerprint density at radius 2 is 2.16 bits per heavy atom. The fourth-order valence-electron chi connectivity index (χ4n) is 2.91. The molecule has 2 saturated heterocycles. The number of piperidine rings is 1. The Morgan fingerprint density at radius 3 is 2.95 bits per heavy atom. The monoisotopic (exact) mass is 259 g/mol. The molecule has 2 amide bonds. The Labute approximate surface area is 112 Å². The summed E-state index contributed by atoms with van der Waals surface area (Å²) >= 11 is 0. The van der Waals surface area contributed by atoms with Gasteiger partial charge in [-0.1, -0.05) is 0 Å². The van der Waals surface area contributed by atoms with Gasteiger partial charge in [0.2, 0.25) is 11.8 Å². The summed E-state index contributed by atoms with van der Waals surface area (Å²) in [5.41, 5.74) is 1.73. The summed E-state index contributed by atoms with van der Waals surface area (Å²) in [5, 5.41) is 0. The molecule has 1 unspecified atom stereocenters. The molecule has 0 spiro atoms. The van der Waals surface area contributed by atoms with Gasteiger partial charge in [-0.05, 0) is 37.8 Å². The van der Waals surface area contributed by atoms with Crippen LogP contribution in [0.25, 0.3) is 0 Å². The highest BCUT2D eigenvalue weighted by Crippen LogP contribution is 2.27. The number of amides is 2. The van der Waals surface area contributed by atoms with Gasteiger partial charge < -0.3 is 4.90 Å². The summed E-state index contributed by atoms with van der Waals surface area (Å²) in [5.74, 6) is 0.0861. The Balaban J connectivity index is 1.94. The first kappa shape index (κ1) is 12.1. The van der Waals surface area contributed by atoms with Gasteiger partial charge in [-0.2, -0.15) is 0 Å². The minimum Gasteiger partial charge on any atom is -0.329 e. The van der Waals surface area contributed by atoms with Crippen LogP contribution in [0.15, 0.2) is 18.5 Å². The number of aromatic nitrogens is 1. The molecule has 0 bridgehead atoms. The number of pyridine rings is 1. The fraction of sp³-hybridized carbons (Fsp3) is 0.500. The van der Waals surface area contributed by atoms with Crippen LogP contribution in [-0.4, -0.2) is 40.8 Å². The first-order valence-electron chi connectivity index (χ1n) is 6.70. The minimum absolute atomic E-state index is 0.0374. The van der Waals surface area contributed by atoms with Crippen LogP contribution < -0.4 is 4.90 Å². The number of piperazine rings is 1. The maximum absolute atomic E-state index is 12.6. The molecule has 5 nitrogen and oxygen atoms in total. The number of nitrogens with zero attached hydrogens (tertiary/aromatic N) is 3. The van der Waals surface area contributed by atoms with Crippen LogP contribution in [-0.2, 0) is 9.59 Å². The van der Waals surface area contributed by atoms with Gasteiger partial charge in [-0.25, -0.2) is 0 Å². The molecule has 2 aliphatic heterocycles. The quantitative estimate of drug-likeness (QED) is 0.759. The Bertz CT molecular complexity index is 529. The molecule has 0 aromatic carbocycles. The summed E-state index contributed by atoms with van der Waals surface area (Å²) in [6, 6.07) is 1.59. The summed E-state index contributed by atoms with van der Waals surface area (Å²) in [6.07, 6.45) is 6.16. The molecule has 3 rings (SSSR count). The molecule has 0 aliphatic carbocycles. The van der Waals surface area contributed by atoms with Gasteiger partial charge in [-0.15, -0.1) is 0 Å². The fourth-order valence-corrected chi connectivity index (χ4v) is 2.91. The highest BCUT2D eigenvalue weighted by atomic mass is 16.2. The Morgan fingerprint density at radius 1 is 1.32 bits per heavy atom. The van der Waals surface area contributed by atoms with E-state index in [9.17, 15) is 9.59 Å². The van der Waals surface area contributed by atoms with Crippen LogP contribution in [0.3, 0.4) is 0 Å². The van der Waals surface area contributed by atoms with Gasteiger partial charge in [0.15, 0.2) is 0 Å². The lowest BCUT2D eigenvalue weighted by atomic mass is 9.98. The molecule has 19 heavy (non-hydrogen) atoms. The van der Waals surface area contributed by atoms with E-state index >= 15 is 0 Å². The Kier molecular flexibility index (Phi) is 2.97. The van der Waals surface area contributed by atoms with Crippen LogP contribution in [0.5, 0.6) is 0 Å². The van der Waals surface area contributed by atoms with Crippen LogP contribution in [0.2, 0.25) is 0 Å². The molecule has 1 aromatic heterocycles. The molecular formula is C14H17N3O2. The number of hydrogen-bond acceptors (Lipinski definition) is 3. The molecule has 0 saturated carbocycles. The second-order valence-corrected chi connectivity index (χ2v) is 5.19. The summed E-state index contributed by atoms with van der Waals surface area (Å²) in [4.78, 5) is 32.1. The third-order valence-electron chi connectivity index (χ3n) is 3.97. The molecule has 100 valence electrons. The predicted octanol–water partition coefficient (Wildman–Crippen LogP) is 1.12. The second kappa shape index (κ2) is 4.64. The number of hydrogen-bond donors (Lipinski definition) is 0. The zero-order chi connectivity index (χ0) is 13.4. The van der Waals surface area contributed by atoms with Gasteiger partial charge in [-0.3, -0.25) is 19.5 Å². The first-order chi connectivity index (χ1) is 9.18. The number of aryl methyl sites for hydroxylation is 1. The van der Waals surface area contributed by atoms with Crippen molar-refractivity contribution in [1.82, 2.24) is 9.88 Å².